The van der Waals surface area contributed by atoms with Crippen LogP contribution in [-0.4, -0.2) is 24.6 Å². The van der Waals surface area contributed by atoms with Gasteiger partial charge in [0, 0.05) is 11.9 Å². The SMILES string of the molecule is COC(=O)CCNc1nc2ccccc2cc1C. The van der Waals surface area contributed by atoms with Gasteiger partial charge in [0.2, 0.25) is 0 Å². The molecule has 0 bridgehead atoms. The molecule has 2 rings (SSSR count). The summed E-state index contributed by atoms with van der Waals surface area (Å²) in [7, 11) is 1.39. The number of hydrogen-bond donors (Lipinski definition) is 1. The van der Waals surface area contributed by atoms with Crippen molar-refractivity contribution >= 4 is 22.7 Å². The highest BCUT2D eigenvalue weighted by Gasteiger charge is 2.04. The average Bonchev–Trinajstić information content (AvgIpc) is 2.39. The van der Waals surface area contributed by atoms with Crippen LogP contribution in [0.1, 0.15) is 12.0 Å². The maximum atomic E-state index is 11.0. The molecule has 1 heterocycles. The topological polar surface area (TPSA) is 51.2 Å². The first-order chi connectivity index (χ1) is 8.70. The number of carbonyl (C=O) groups excluding carboxylic acids is 1. The Kier molecular flexibility index (Phi) is 3.77. The molecular weight excluding hydrogens is 228 g/mol. The zero-order chi connectivity index (χ0) is 13.0. The lowest BCUT2D eigenvalue weighted by molar-refractivity contribution is -0.140. The smallest absolute Gasteiger partial charge is 0.307 e. The van der Waals surface area contributed by atoms with Crippen molar-refractivity contribution in [2.75, 3.05) is 19.0 Å². The molecule has 4 nitrogen and oxygen atoms in total. The van der Waals surface area contributed by atoms with Gasteiger partial charge >= 0.3 is 5.97 Å². The number of methoxy groups -OCH3 is 1. The molecule has 1 aromatic heterocycles. The van der Waals surface area contributed by atoms with E-state index in [0.29, 0.717) is 13.0 Å². The summed E-state index contributed by atoms with van der Waals surface area (Å²) < 4.78 is 4.59. The van der Waals surface area contributed by atoms with Gasteiger partial charge in [-0.1, -0.05) is 18.2 Å². The average molecular weight is 244 g/mol. The number of esters is 1. The lowest BCUT2D eigenvalue weighted by Gasteiger charge is -2.09. The second-order valence-corrected chi connectivity index (χ2v) is 4.10. The number of ether oxygens (including phenoxy) is 1. The van der Waals surface area contributed by atoms with Crippen molar-refractivity contribution in [1.29, 1.82) is 0 Å². The lowest BCUT2D eigenvalue weighted by atomic mass is 10.1. The third-order valence-electron chi connectivity index (χ3n) is 2.76. The van der Waals surface area contributed by atoms with Crippen molar-refractivity contribution in [2.45, 2.75) is 13.3 Å². The fourth-order valence-corrected chi connectivity index (χ4v) is 1.79. The largest absolute Gasteiger partial charge is 0.469 e. The molecule has 0 atom stereocenters. The van der Waals surface area contributed by atoms with Crippen LogP contribution in [0.4, 0.5) is 5.82 Å². The van der Waals surface area contributed by atoms with E-state index in [0.717, 1.165) is 22.3 Å². The van der Waals surface area contributed by atoms with Crippen molar-refractivity contribution in [1.82, 2.24) is 4.98 Å². The Morgan fingerprint density at radius 2 is 2.17 bits per heavy atom. The summed E-state index contributed by atoms with van der Waals surface area (Å²) >= 11 is 0. The van der Waals surface area contributed by atoms with Gasteiger partial charge in [-0.25, -0.2) is 4.98 Å². The molecule has 0 fully saturated rings. The third kappa shape index (κ3) is 2.77. The molecule has 0 radical (unpaired) electrons. The summed E-state index contributed by atoms with van der Waals surface area (Å²) in [6.07, 6.45) is 0.338. The van der Waals surface area contributed by atoms with Crippen LogP contribution in [0.15, 0.2) is 30.3 Å². The molecule has 4 heteroatoms. The number of aryl methyl sites for hydroxylation is 1. The molecule has 0 spiro atoms. The fourth-order valence-electron chi connectivity index (χ4n) is 1.79. The predicted molar refractivity (Wildman–Crippen MR) is 71.6 cm³/mol. The Bertz CT molecular complexity index is 567. The third-order valence-corrected chi connectivity index (χ3v) is 2.76. The van der Waals surface area contributed by atoms with Gasteiger partial charge in [-0.05, 0) is 24.6 Å². The lowest BCUT2D eigenvalue weighted by Crippen LogP contribution is -2.11. The van der Waals surface area contributed by atoms with Crippen LogP contribution in [0.3, 0.4) is 0 Å². The van der Waals surface area contributed by atoms with Gasteiger partial charge in [0.1, 0.15) is 5.82 Å². The molecule has 0 amide bonds. The van der Waals surface area contributed by atoms with E-state index >= 15 is 0 Å². The van der Waals surface area contributed by atoms with Crippen LogP contribution in [0.2, 0.25) is 0 Å². The number of aromatic nitrogens is 1. The van der Waals surface area contributed by atoms with E-state index in [4.69, 9.17) is 0 Å². The molecule has 1 aromatic carbocycles. The highest BCUT2D eigenvalue weighted by molar-refractivity contribution is 5.81. The van der Waals surface area contributed by atoms with Crippen LogP contribution in [0, 0.1) is 6.92 Å². The van der Waals surface area contributed by atoms with E-state index in [1.165, 1.54) is 7.11 Å². The van der Waals surface area contributed by atoms with Gasteiger partial charge in [0.05, 0.1) is 19.0 Å². The molecule has 0 saturated carbocycles. The predicted octanol–water partition coefficient (Wildman–Crippen LogP) is 2.52. The summed E-state index contributed by atoms with van der Waals surface area (Å²) in [6, 6.07) is 10.0. The molecule has 18 heavy (non-hydrogen) atoms. The number of benzene rings is 1. The molecule has 0 aliphatic rings. The normalized spacial score (nSPS) is 10.3. The Balaban J connectivity index is 2.13. The van der Waals surface area contributed by atoms with Crippen molar-refractivity contribution in [3.05, 3.63) is 35.9 Å². The van der Waals surface area contributed by atoms with E-state index in [9.17, 15) is 4.79 Å². The summed E-state index contributed by atoms with van der Waals surface area (Å²) in [5, 5.41) is 4.28. The fraction of sp³-hybridized carbons (Fsp3) is 0.286. The molecule has 0 saturated heterocycles. The van der Waals surface area contributed by atoms with E-state index in [1.807, 2.05) is 31.2 Å². The Morgan fingerprint density at radius 3 is 2.94 bits per heavy atom. The number of nitrogens with one attached hydrogen (secondary N) is 1. The first-order valence-electron chi connectivity index (χ1n) is 5.88. The minimum absolute atomic E-state index is 0.221. The standard InChI is InChI=1S/C14H16N2O2/c1-10-9-11-5-3-4-6-12(11)16-14(10)15-8-7-13(17)18-2/h3-6,9H,7-8H2,1-2H3,(H,15,16). The second kappa shape index (κ2) is 5.49. The zero-order valence-electron chi connectivity index (χ0n) is 10.6. The van der Waals surface area contributed by atoms with Crippen LogP contribution in [-0.2, 0) is 9.53 Å². The number of rotatable bonds is 4. The van der Waals surface area contributed by atoms with Gasteiger partial charge in [0.25, 0.3) is 0 Å². The highest BCUT2D eigenvalue weighted by atomic mass is 16.5. The quantitative estimate of drug-likeness (QED) is 0.840. The first kappa shape index (κ1) is 12.4. The number of pyridine rings is 1. The summed E-state index contributed by atoms with van der Waals surface area (Å²) in [5.41, 5.74) is 2.02. The van der Waals surface area contributed by atoms with Gasteiger partial charge in [-0.2, -0.15) is 0 Å². The molecular formula is C14H16N2O2. The van der Waals surface area contributed by atoms with Crippen molar-refractivity contribution in [2.24, 2.45) is 0 Å². The van der Waals surface area contributed by atoms with Crippen LogP contribution in [0.5, 0.6) is 0 Å². The van der Waals surface area contributed by atoms with E-state index in [2.05, 4.69) is 21.1 Å². The maximum absolute atomic E-state index is 11.0. The number of nitrogens with zero attached hydrogens (tertiary/aromatic N) is 1. The zero-order valence-corrected chi connectivity index (χ0v) is 10.6. The van der Waals surface area contributed by atoms with E-state index in [1.54, 1.807) is 0 Å². The number of carbonyl (C=O) groups is 1. The van der Waals surface area contributed by atoms with Gasteiger partial charge in [-0.15, -0.1) is 0 Å². The van der Waals surface area contributed by atoms with Crippen molar-refractivity contribution < 1.29 is 9.53 Å². The molecule has 1 N–H and O–H groups in total. The number of hydrogen-bond acceptors (Lipinski definition) is 4. The van der Waals surface area contributed by atoms with E-state index in [-0.39, 0.29) is 5.97 Å². The molecule has 2 aromatic rings. The number of anilines is 1. The van der Waals surface area contributed by atoms with Gasteiger partial charge < -0.3 is 10.1 Å². The van der Waals surface area contributed by atoms with Crippen LogP contribution >= 0.6 is 0 Å². The molecule has 0 unspecified atom stereocenters. The Hall–Kier alpha value is -2.10. The second-order valence-electron chi connectivity index (χ2n) is 4.10. The van der Waals surface area contributed by atoms with Crippen molar-refractivity contribution in [3.8, 4) is 0 Å². The molecule has 0 aliphatic carbocycles. The van der Waals surface area contributed by atoms with Crippen LogP contribution < -0.4 is 5.32 Å². The Morgan fingerprint density at radius 1 is 1.39 bits per heavy atom. The Labute approximate surface area is 106 Å². The molecule has 0 aliphatic heterocycles. The van der Waals surface area contributed by atoms with Crippen molar-refractivity contribution in [3.63, 3.8) is 0 Å². The maximum Gasteiger partial charge on any atom is 0.307 e. The van der Waals surface area contributed by atoms with Gasteiger partial charge in [0.15, 0.2) is 0 Å². The van der Waals surface area contributed by atoms with E-state index < -0.39 is 0 Å². The van der Waals surface area contributed by atoms with Gasteiger partial charge in [-0.3, -0.25) is 4.79 Å². The minimum Gasteiger partial charge on any atom is -0.469 e. The molecule has 94 valence electrons. The number of para-hydroxylation sites is 1. The van der Waals surface area contributed by atoms with Crippen LogP contribution in [0.25, 0.3) is 10.9 Å². The monoisotopic (exact) mass is 244 g/mol. The highest BCUT2D eigenvalue weighted by Crippen LogP contribution is 2.19. The summed E-state index contributed by atoms with van der Waals surface area (Å²) in [6.45, 7) is 2.53. The summed E-state index contributed by atoms with van der Waals surface area (Å²) in [4.78, 5) is 15.6. The number of fused-ring (bicyclic) bond motifs is 1. The minimum atomic E-state index is -0.221. The first-order valence-corrected chi connectivity index (χ1v) is 5.88. The summed E-state index contributed by atoms with van der Waals surface area (Å²) in [5.74, 6) is 0.596.